The van der Waals surface area contributed by atoms with Gasteiger partial charge in [-0.25, -0.2) is 9.69 Å². The van der Waals surface area contributed by atoms with E-state index in [2.05, 4.69) is 0 Å². The van der Waals surface area contributed by atoms with Gasteiger partial charge in [-0.15, -0.1) is 0 Å². The fourth-order valence-electron chi connectivity index (χ4n) is 2.39. The second-order valence-electron chi connectivity index (χ2n) is 6.32. The molecule has 1 aliphatic rings. The molecule has 0 bridgehead atoms. The number of ether oxygens (including phenoxy) is 2. The minimum atomic E-state index is -0.635. The number of anilines is 1. The fourth-order valence-corrected chi connectivity index (χ4v) is 2.39. The number of carbonyl (C=O) groups excluding carboxylic acids is 2. The zero-order valence-corrected chi connectivity index (χ0v) is 13.4. The van der Waals surface area contributed by atoms with Gasteiger partial charge in [0.25, 0.3) is 0 Å². The van der Waals surface area contributed by atoms with E-state index in [4.69, 9.17) is 15.2 Å². The molecule has 0 saturated heterocycles. The predicted molar refractivity (Wildman–Crippen MR) is 82.8 cm³/mol. The predicted octanol–water partition coefficient (Wildman–Crippen LogP) is 2.14. The van der Waals surface area contributed by atoms with Crippen LogP contribution in [0.15, 0.2) is 12.1 Å². The Morgan fingerprint density at radius 2 is 1.95 bits per heavy atom. The molecule has 6 nitrogen and oxygen atoms in total. The molecule has 6 heteroatoms. The molecule has 1 aliphatic heterocycles. The van der Waals surface area contributed by atoms with E-state index in [-0.39, 0.29) is 18.9 Å². The van der Waals surface area contributed by atoms with E-state index < -0.39 is 11.7 Å². The van der Waals surface area contributed by atoms with Gasteiger partial charge in [0.05, 0.1) is 19.2 Å². The lowest BCUT2D eigenvalue weighted by molar-refractivity contribution is -0.129. The quantitative estimate of drug-likeness (QED) is 0.804. The number of imide groups is 1. The summed E-state index contributed by atoms with van der Waals surface area (Å²) < 4.78 is 10.5. The molecular formula is C16H22N2O4. The van der Waals surface area contributed by atoms with Crippen molar-refractivity contribution in [2.75, 3.05) is 19.4 Å². The number of nitrogens with zero attached hydrogens (tertiary/aromatic N) is 1. The maximum Gasteiger partial charge on any atom is 0.417 e. The van der Waals surface area contributed by atoms with Gasteiger partial charge in [-0.3, -0.25) is 4.79 Å². The Morgan fingerprint density at radius 1 is 1.27 bits per heavy atom. The summed E-state index contributed by atoms with van der Waals surface area (Å²) >= 11 is 0. The number of methoxy groups -OCH3 is 1. The maximum absolute atomic E-state index is 12.3. The van der Waals surface area contributed by atoms with Crippen molar-refractivity contribution in [1.29, 1.82) is 0 Å². The minimum Gasteiger partial charge on any atom is -0.495 e. The van der Waals surface area contributed by atoms with Crippen LogP contribution < -0.4 is 10.5 Å². The lowest BCUT2D eigenvalue weighted by Crippen LogP contribution is -2.41. The van der Waals surface area contributed by atoms with Crippen LogP contribution in [-0.2, 0) is 22.4 Å². The Bertz CT molecular complexity index is 605. The number of fused-ring (bicyclic) bond motifs is 1. The molecule has 0 unspecified atom stereocenters. The first kappa shape index (κ1) is 16.1. The Hall–Kier alpha value is -2.24. The lowest BCUT2D eigenvalue weighted by Gasteiger charge is -2.25. The van der Waals surface area contributed by atoms with Crippen LogP contribution >= 0.6 is 0 Å². The zero-order valence-electron chi connectivity index (χ0n) is 13.4. The van der Waals surface area contributed by atoms with E-state index in [0.29, 0.717) is 17.9 Å². The Balaban J connectivity index is 2.23. The molecule has 22 heavy (non-hydrogen) atoms. The van der Waals surface area contributed by atoms with Crippen LogP contribution in [0.1, 0.15) is 31.9 Å². The minimum absolute atomic E-state index is 0.130. The average Bonchev–Trinajstić information content (AvgIpc) is 2.54. The molecule has 1 aromatic rings. The summed E-state index contributed by atoms with van der Waals surface area (Å²) in [6.45, 7) is 5.60. The molecule has 0 radical (unpaired) electrons. The smallest absolute Gasteiger partial charge is 0.417 e. The van der Waals surface area contributed by atoms with Crippen molar-refractivity contribution >= 4 is 17.7 Å². The van der Waals surface area contributed by atoms with Crippen LogP contribution in [-0.4, -0.2) is 36.2 Å². The molecular weight excluding hydrogens is 284 g/mol. The molecule has 2 N–H and O–H groups in total. The molecule has 120 valence electrons. The van der Waals surface area contributed by atoms with Gasteiger partial charge in [-0.1, -0.05) is 0 Å². The number of rotatable bonds is 1. The van der Waals surface area contributed by atoms with Gasteiger partial charge in [0.15, 0.2) is 0 Å². The van der Waals surface area contributed by atoms with Crippen molar-refractivity contribution in [2.24, 2.45) is 0 Å². The summed E-state index contributed by atoms with van der Waals surface area (Å²) in [5.74, 6) is 0.261. The van der Waals surface area contributed by atoms with Gasteiger partial charge >= 0.3 is 6.09 Å². The van der Waals surface area contributed by atoms with E-state index >= 15 is 0 Å². The highest BCUT2D eigenvalue weighted by atomic mass is 16.6. The molecule has 1 aromatic carbocycles. The Morgan fingerprint density at radius 3 is 2.55 bits per heavy atom. The van der Waals surface area contributed by atoms with Crippen molar-refractivity contribution < 1.29 is 19.1 Å². The first-order valence-corrected chi connectivity index (χ1v) is 7.20. The number of carbonyl (C=O) groups is 2. The van der Waals surface area contributed by atoms with Crippen LogP contribution in [0.25, 0.3) is 0 Å². The van der Waals surface area contributed by atoms with Gasteiger partial charge in [0, 0.05) is 6.54 Å². The molecule has 2 rings (SSSR count). The standard InChI is InChI=1S/C16H22N2O4/c1-16(2,3)22-15(20)18-6-5-10-7-12(17)13(21-4)8-11(10)9-14(18)19/h7-8H,5-6,9,17H2,1-4H3. The largest absolute Gasteiger partial charge is 0.495 e. The second-order valence-corrected chi connectivity index (χ2v) is 6.32. The second kappa shape index (κ2) is 5.87. The van der Waals surface area contributed by atoms with E-state index in [9.17, 15) is 9.59 Å². The third-order valence-electron chi connectivity index (χ3n) is 3.41. The van der Waals surface area contributed by atoms with Crippen molar-refractivity contribution in [2.45, 2.75) is 39.2 Å². The monoisotopic (exact) mass is 306 g/mol. The first-order chi connectivity index (χ1) is 10.2. The molecule has 0 aliphatic carbocycles. The summed E-state index contributed by atoms with van der Waals surface area (Å²) in [5, 5.41) is 0. The highest BCUT2D eigenvalue weighted by molar-refractivity contribution is 5.94. The molecule has 0 atom stereocenters. The molecule has 2 amide bonds. The van der Waals surface area contributed by atoms with Gasteiger partial charge < -0.3 is 15.2 Å². The van der Waals surface area contributed by atoms with Crippen molar-refractivity contribution in [3.8, 4) is 5.75 Å². The third-order valence-corrected chi connectivity index (χ3v) is 3.41. The highest BCUT2D eigenvalue weighted by Crippen LogP contribution is 2.28. The van der Waals surface area contributed by atoms with Crippen LogP contribution in [0.5, 0.6) is 5.75 Å². The van der Waals surface area contributed by atoms with Crippen LogP contribution in [0, 0.1) is 0 Å². The number of hydrogen-bond acceptors (Lipinski definition) is 5. The molecule has 0 aromatic heterocycles. The summed E-state index contributed by atoms with van der Waals surface area (Å²) in [5.41, 5.74) is 7.59. The normalized spacial score (nSPS) is 15.1. The van der Waals surface area contributed by atoms with E-state index in [1.165, 1.54) is 7.11 Å². The number of nitrogens with two attached hydrogens (primary N) is 1. The zero-order chi connectivity index (χ0) is 16.5. The summed E-state index contributed by atoms with van der Waals surface area (Å²) in [6.07, 6.45) is 0.0740. The summed E-state index contributed by atoms with van der Waals surface area (Å²) in [7, 11) is 1.53. The van der Waals surface area contributed by atoms with Crippen molar-refractivity contribution in [3.63, 3.8) is 0 Å². The summed E-state index contributed by atoms with van der Waals surface area (Å²) in [4.78, 5) is 25.7. The number of amides is 2. The van der Waals surface area contributed by atoms with E-state index in [1.807, 2.05) is 0 Å². The van der Waals surface area contributed by atoms with Gasteiger partial charge in [-0.2, -0.15) is 0 Å². The average molecular weight is 306 g/mol. The highest BCUT2D eigenvalue weighted by Gasteiger charge is 2.30. The van der Waals surface area contributed by atoms with Crippen LogP contribution in [0.2, 0.25) is 0 Å². The van der Waals surface area contributed by atoms with E-state index in [0.717, 1.165) is 16.0 Å². The number of nitrogen functional groups attached to an aromatic ring is 1. The summed E-state index contributed by atoms with van der Waals surface area (Å²) in [6, 6.07) is 3.57. The Kier molecular flexibility index (Phi) is 4.30. The van der Waals surface area contributed by atoms with Crippen LogP contribution in [0.3, 0.4) is 0 Å². The van der Waals surface area contributed by atoms with Gasteiger partial charge in [-0.05, 0) is 50.5 Å². The maximum atomic E-state index is 12.3. The first-order valence-electron chi connectivity index (χ1n) is 7.20. The lowest BCUT2D eigenvalue weighted by atomic mass is 10.0. The van der Waals surface area contributed by atoms with Gasteiger partial charge in [0.1, 0.15) is 11.4 Å². The van der Waals surface area contributed by atoms with Crippen molar-refractivity contribution in [3.05, 3.63) is 23.3 Å². The number of hydrogen-bond donors (Lipinski definition) is 1. The van der Waals surface area contributed by atoms with Crippen molar-refractivity contribution in [1.82, 2.24) is 4.90 Å². The Labute approximate surface area is 130 Å². The topological polar surface area (TPSA) is 81.9 Å². The fraction of sp³-hybridized carbons (Fsp3) is 0.500. The SMILES string of the molecule is COc1cc2c(cc1N)CCN(C(=O)OC(C)(C)C)C(=O)C2. The molecule has 0 saturated carbocycles. The molecule has 1 heterocycles. The molecule has 0 spiro atoms. The number of benzene rings is 1. The van der Waals surface area contributed by atoms with Gasteiger partial charge in [0.2, 0.25) is 5.91 Å². The third kappa shape index (κ3) is 3.50. The van der Waals surface area contributed by atoms with E-state index in [1.54, 1.807) is 32.9 Å². The molecule has 0 fully saturated rings. The van der Waals surface area contributed by atoms with Crippen LogP contribution in [0.4, 0.5) is 10.5 Å².